The van der Waals surface area contributed by atoms with Gasteiger partial charge in [0.25, 0.3) is 0 Å². The molecule has 2 aliphatic rings. The molecular formula is C19H33NO3. The van der Waals surface area contributed by atoms with E-state index in [1.165, 1.54) is 25.7 Å². The molecule has 4 nitrogen and oxygen atoms in total. The fourth-order valence-electron chi connectivity index (χ4n) is 3.79. The molecule has 1 aliphatic heterocycles. The minimum Gasteiger partial charge on any atom is -0.465 e. The zero-order valence-corrected chi connectivity index (χ0v) is 14.7. The lowest BCUT2D eigenvalue weighted by atomic mass is 9.96. The Morgan fingerprint density at radius 3 is 2.39 bits per heavy atom. The molecule has 1 aliphatic carbocycles. The molecule has 1 saturated heterocycles. The lowest BCUT2D eigenvalue weighted by Crippen LogP contribution is -2.40. The SMILES string of the molecule is CCCCCOC(=O)C1CCN(C(=O)CCC2CCCC2)CC1. The molecular weight excluding hydrogens is 290 g/mol. The number of amides is 1. The van der Waals surface area contributed by atoms with Crippen LogP contribution < -0.4 is 0 Å². The number of likely N-dealkylation sites (tertiary alicyclic amines) is 1. The first-order valence-electron chi connectivity index (χ1n) is 9.65. The minimum absolute atomic E-state index is 0.00416. The summed E-state index contributed by atoms with van der Waals surface area (Å²) < 4.78 is 5.35. The van der Waals surface area contributed by atoms with Crippen molar-refractivity contribution in [1.29, 1.82) is 0 Å². The van der Waals surface area contributed by atoms with Crippen molar-refractivity contribution in [1.82, 2.24) is 4.90 Å². The first-order valence-corrected chi connectivity index (χ1v) is 9.65. The third-order valence-electron chi connectivity index (χ3n) is 5.41. The maximum absolute atomic E-state index is 12.3. The van der Waals surface area contributed by atoms with Gasteiger partial charge in [-0.3, -0.25) is 9.59 Å². The monoisotopic (exact) mass is 323 g/mol. The summed E-state index contributed by atoms with van der Waals surface area (Å²) in [5.41, 5.74) is 0. The molecule has 0 bridgehead atoms. The van der Waals surface area contributed by atoms with Crippen molar-refractivity contribution in [3.63, 3.8) is 0 Å². The first kappa shape index (κ1) is 18.3. The molecule has 1 amide bonds. The van der Waals surface area contributed by atoms with Crippen LogP contribution in [0, 0.1) is 11.8 Å². The van der Waals surface area contributed by atoms with Gasteiger partial charge in [-0.15, -0.1) is 0 Å². The maximum Gasteiger partial charge on any atom is 0.309 e. The van der Waals surface area contributed by atoms with Gasteiger partial charge in [0.2, 0.25) is 5.91 Å². The molecule has 0 radical (unpaired) electrons. The topological polar surface area (TPSA) is 46.6 Å². The number of hydrogen-bond donors (Lipinski definition) is 0. The number of esters is 1. The number of piperidine rings is 1. The van der Waals surface area contributed by atoms with E-state index in [-0.39, 0.29) is 17.8 Å². The summed E-state index contributed by atoms with van der Waals surface area (Å²) in [6.45, 7) is 4.13. The summed E-state index contributed by atoms with van der Waals surface area (Å²) in [6, 6.07) is 0. The number of hydrogen-bond acceptors (Lipinski definition) is 3. The second kappa shape index (κ2) is 9.94. The molecule has 2 rings (SSSR count). The van der Waals surface area contributed by atoms with E-state index < -0.39 is 0 Å². The van der Waals surface area contributed by atoms with Crippen molar-refractivity contribution in [2.75, 3.05) is 19.7 Å². The maximum atomic E-state index is 12.3. The van der Waals surface area contributed by atoms with Gasteiger partial charge in [0.1, 0.15) is 0 Å². The predicted octanol–water partition coefficient (Wildman–Crippen LogP) is 3.93. The second-order valence-electron chi connectivity index (χ2n) is 7.22. The van der Waals surface area contributed by atoms with Gasteiger partial charge in [-0.05, 0) is 31.6 Å². The van der Waals surface area contributed by atoms with Crippen molar-refractivity contribution in [3.05, 3.63) is 0 Å². The Hall–Kier alpha value is -1.06. The molecule has 4 heteroatoms. The molecule has 0 spiro atoms. The van der Waals surface area contributed by atoms with E-state index in [2.05, 4.69) is 6.92 Å². The first-order chi connectivity index (χ1) is 11.2. The average Bonchev–Trinajstić information content (AvgIpc) is 3.10. The second-order valence-corrected chi connectivity index (χ2v) is 7.22. The normalized spacial score (nSPS) is 20.0. The highest BCUT2D eigenvalue weighted by atomic mass is 16.5. The third-order valence-corrected chi connectivity index (χ3v) is 5.41. The highest BCUT2D eigenvalue weighted by molar-refractivity contribution is 5.77. The van der Waals surface area contributed by atoms with E-state index in [1.807, 2.05) is 4.90 Å². The van der Waals surface area contributed by atoms with Crippen molar-refractivity contribution in [2.24, 2.45) is 11.8 Å². The van der Waals surface area contributed by atoms with Crippen LogP contribution in [0.4, 0.5) is 0 Å². The van der Waals surface area contributed by atoms with E-state index in [0.717, 1.165) is 57.5 Å². The Morgan fingerprint density at radius 2 is 1.74 bits per heavy atom. The van der Waals surface area contributed by atoms with Crippen molar-refractivity contribution in [2.45, 2.75) is 77.6 Å². The van der Waals surface area contributed by atoms with Gasteiger partial charge < -0.3 is 9.64 Å². The minimum atomic E-state index is -0.0563. The number of carbonyl (C=O) groups excluding carboxylic acids is 2. The number of ether oxygens (including phenoxy) is 1. The van der Waals surface area contributed by atoms with E-state index in [4.69, 9.17) is 4.74 Å². The Balaban J connectivity index is 1.60. The van der Waals surface area contributed by atoms with Crippen LogP contribution in [0.2, 0.25) is 0 Å². The number of nitrogens with zero attached hydrogens (tertiary/aromatic N) is 1. The largest absolute Gasteiger partial charge is 0.465 e. The predicted molar refractivity (Wildman–Crippen MR) is 91.0 cm³/mol. The Labute approximate surface area is 140 Å². The summed E-state index contributed by atoms with van der Waals surface area (Å²) in [4.78, 5) is 26.3. The zero-order valence-electron chi connectivity index (χ0n) is 14.7. The molecule has 2 fully saturated rings. The van der Waals surface area contributed by atoms with Crippen LogP contribution in [-0.2, 0) is 14.3 Å². The van der Waals surface area contributed by atoms with Crippen LogP contribution in [0.15, 0.2) is 0 Å². The van der Waals surface area contributed by atoms with E-state index in [0.29, 0.717) is 13.0 Å². The van der Waals surface area contributed by atoms with E-state index in [1.54, 1.807) is 0 Å². The molecule has 23 heavy (non-hydrogen) atoms. The summed E-state index contributed by atoms with van der Waals surface area (Å²) in [5.74, 6) is 0.996. The Morgan fingerprint density at radius 1 is 1.04 bits per heavy atom. The molecule has 0 N–H and O–H groups in total. The van der Waals surface area contributed by atoms with Crippen LogP contribution in [-0.4, -0.2) is 36.5 Å². The molecule has 0 aromatic rings. The van der Waals surface area contributed by atoms with Crippen molar-refractivity contribution in [3.8, 4) is 0 Å². The molecule has 0 unspecified atom stereocenters. The molecule has 1 heterocycles. The highest BCUT2D eigenvalue weighted by Crippen LogP contribution is 2.29. The number of unbranched alkanes of at least 4 members (excludes halogenated alkanes) is 2. The smallest absolute Gasteiger partial charge is 0.309 e. The third kappa shape index (κ3) is 6.15. The van der Waals surface area contributed by atoms with Gasteiger partial charge in [0.15, 0.2) is 0 Å². The Kier molecular flexibility index (Phi) is 7.90. The molecule has 1 saturated carbocycles. The zero-order chi connectivity index (χ0) is 16.5. The van der Waals surface area contributed by atoms with Gasteiger partial charge in [0, 0.05) is 19.5 Å². The fourth-order valence-corrected chi connectivity index (χ4v) is 3.79. The van der Waals surface area contributed by atoms with Crippen LogP contribution in [0.5, 0.6) is 0 Å². The lowest BCUT2D eigenvalue weighted by Gasteiger charge is -2.31. The summed E-state index contributed by atoms with van der Waals surface area (Å²) in [7, 11) is 0. The van der Waals surface area contributed by atoms with Crippen LogP contribution in [0.3, 0.4) is 0 Å². The van der Waals surface area contributed by atoms with Crippen LogP contribution in [0.1, 0.15) is 77.6 Å². The van der Waals surface area contributed by atoms with Gasteiger partial charge in [-0.2, -0.15) is 0 Å². The Bertz CT molecular complexity index is 369. The van der Waals surface area contributed by atoms with Gasteiger partial charge in [-0.1, -0.05) is 45.4 Å². The van der Waals surface area contributed by atoms with Gasteiger partial charge in [0.05, 0.1) is 12.5 Å². The molecule has 0 aromatic carbocycles. The lowest BCUT2D eigenvalue weighted by molar-refractivity contribution is -0.151. The summed E-state index contributed by atoms with van der Waals surface area (Å²) >= 11 is 0. The van der Waals surface area contributed by atoms with E-state index >= 15 is 0 Å². The molecule has 0 atom stereocenters. The van der Waals surface area contributed by atoms with Crippen molar-refractivity contribution >= 4 is 11.9 Å². The molecule has 132 valence electrons. The number of carbonyl (C=O) groups is 2. The van der Waals surface area contributed by atoms with Crippen LogP contribution >= 0.6 is 0 Å². The van der Waals surface area contributed by atoms with Gasteiger partial charge in [-0.25, -0.2) is 0 Å². The molecule has 0 aromatic heterocycles. The standard InChI is InChI=1S/C19H33NO3/c1-2-3-6-15-23-19(22)17-11-13-20(14-12-17)18(21)10-9-16-7-4-5-8-16/h16-17H,2-15H2,1H3. The highest BCUT2D eigenvalue weighted by Gasteiger charge is 2.28. The van der Waals surface area contributed by atoms with Crippen molar-refractivity contribution < 1.29 is 14.3 Å². The summed E-state index contributed by atoms with van der Waals surface area (Å²) in [5, 5.41) is 0. The van der Waals surface area contributed by atoms with Gasteiger partial charge >= 0.3 is 5.97 Å². The average molecular weight is 323 g/mol. The van der Waals surface area contributed by atoms with Crippen LogP contribution in [0.25, 0.3) is 0 Å². The summed E-state index contributed by atoms with van der Waals surface area (Å²) in [6.07, 6.45) is 11.8. The number of rotatable bonds is 8. The fraction of sp³-hybridized carbons (Fsp3) is 0.895. The quantitative estimate of drug-likeness (QED) is 0.502. The van der Waals surface area contributed by atoms with E-state index in [9.17, 15) is 9.59 Å².